The third-order valence-electron chi connectivity index (χ3n) is 3.07. The van der Waals surface area contributed by atoms with Crippen molar-refractivity contribution in [1.29, 1.82) is 0 Å². The molecule has 0 spiro atoms. The van der Waals surface area contributed by atoms with E-state index in [1.54, 1.807) is 0 Å². The number of fused-ring (bicyclic) bond motifs is 3. The minimum absolute atomic E-state index is 0.0979. The van der Waals surface area contributed by atoms with E-state index in [0.29, 0.717) is 0 Å². The Hall–Kier alpha value is -1.41. The minimum atomic E-state index is -0.0979. The molecule has 1 nitrogen and oxygen atoms in total. The molecule has 2 heteroatoms. The molecule has 0 aliphatic heterocycles. The van der Waals surface area contributed by atoms with Crippen LogP contribution in [-0.2, 0) is 4.79 Å². The van der Waals surface area contributed by atoms with E-state index in [2.05, 4.69) is 28.1 Å². The van der Waals surface area contributed by atoms with Gasteiger partial charge < -0.3 is 4.79 Å². The highest BCUT2D eigenvalue weighted by molar-refractivity contribution is 9.10. The van der Waals surface area contributed by atoms with Crippen molar-refractivity contribution in [2.24, 2.45) is 0 Å². The number of halogens is 1. The van der Waals surface area contributed by atoms with Crippen LogP contribution in [0.3, 0.4) is 0 Å². The summed E-state index contributed by atoms with van der Waals surface area (Å²) in [6.07, 6.45) is 1.03. The van der Waals surface area contributed by atoms with Crippen LogP contribution in [0.15, 0.2) is 46.9 Å². The van der Waals surface area contributed by atoms with Gasteiger partial charge in [-0.05, 0) is 34.4 Å². The van der Waals surface area contributed by atoms with Crippen LogP contribution in [0.4, 0.5) is 0 Å². The van der Waals surface area contributed by atoms with Crippen molar-refractivity contribution >= 4 is 22.2 Å². The minimum Gasteiger partial charge on any atom is -0.302 e. The highest BCUT2D eigenvalue weighted by Crippen LogP contribution is 2.44. The van der Waals surface area contributed by atoms with Gasteiger partial charge in [0.05, 0.1) is 5.92 Å². The second-order valence-corrected chi connectivity index (χ2v) is 4.85. The first-order valence-corrected chi connectivity index (χ1v) is 5.94. The maximum absolute atomic E-state index is 11.2. The van der Waals surface area contributed by atoms with Gasteiger partial charge in [-0.1, -0.05) is 46.3 Å². The molecule has 1 aliphatic carbocycles. The van der Waals surface area contributed by atoms with Gasteiger partial charge in [0.15, 0.2) is 0 Å². The second-order valence-electron chi connectivity index (χ2n) is 3.93. The molecule has 2 aromatic carbocycles. The van der Waals surface area contributed by atoms with Crippen LogP contribution < -0.4 is 0 Å². The van der Waals surface area contributed by atoms with Gasteiger partial charge in [-0.2, -0.15) is 0 Å². The SMILES string of the molecule is O=CC1c2ccccc2-c2cc(Br)ccc21. The lowest BCUT2D eigenvalue weighted by Crippen LogP contribution is -1.96. The van der Waals surface area contributed by atoms with Crippen LogP contribution in [0.2, 0.25) is 0 Å². The summed E-state index contributed by atoms with van der Waals surface area (Å²) in [6, 6.07) is 14.2. The van der Waals surface area contributed by atoms with E-state index < -0.39 is 0 Å². The molecule has 1 atom stereocenters. The molecule has 1 aliphatic rings. The zero-order valence-electron chi connectivity index (χ0n) is 8.48. The molecule has 16 heavy (non-hydrogen) atoms. The lowest BCUT2D eigenvalue weighted by atomic mass is 9.99. The summed E-state index contributed by atoms with van der Waals surface area (Å²) in [5, 5.41) is 0. The van der Waals surface area contributed by atoms with Crippen molar-refractivity contribution in [2.75, 3.05) is 0 Å². The number of hydrogen-bond donors (Lipinski definition) is 0. The summed E-state index contributed by atoms with van der Waals surface area (Å²) in [6.45, 7) is 0. The van der Waals surface area contributed by atoms with Crippen molar-refractivity contribution in [3.63, 3.8) is 0 Å². The predicted octanol–water partition coefficient (Wildman–Crippen LogP) is 3.76. The van der Waals surface area contributed by atoms with E-state index in [4.69, 9.17) is 0 Å². The van der Waals surface area contributed by atoms with Gasteiger partial charge in [-0.3, -0.25) is 0 Å². The van der Waals surface area contributed by atoms with E-state index in [9.17, 15) is 4.79 Å². The molecule has 0 amide bonds. The molecular weight excluding hydrogens is 264 g/mol. The topological polar surface area (TPSA) is 17.1 Å². The van der Waals surface area contributed by atoms with Crippen LogP contribution in [-0.4, -0.2) is 6.29 Å². The molecule has 1 unspecified atom stereocenters. The fraction of sp³-hybridized carbons (Fsp3) is 0.0714. The Kier molecular flexibility index (Phi) is 2.18. The molecule has 0 radical (unpaired) electrons. The molecule has 3 rings (SSSR count). The first kappa shape index (κ1) is 9.79. The summed E-state index contributed by atoms with van der Waals surface area (Å²) in [5.74, 6) is -0.0979. The Morgan fingerprint density at radius 1 is 1.00 bits per heavy atom. The first-order chi connectivity index (χ1) is 7.81. The van der Waals surface area contributed by atoms with Gasteiger partial charge in [0, 0.05) is 4.47 Å². The highest BCUT2D eigenvalue weighted by Gasteiger charge is 2.27. The van der Waals surface area contributed by atoms with E-state index in [1.165, 1.54) is 11.1 Å². The predicted molar refractivity (Wildman–Crippen MR) is 67.5 cm³/mol. The second kappa shape index (κ2) is 3.56. The zero-order chi connectivity index (χ0) is 11.1. The first-order valence-electron chi connectivity index (χ1n) is 5.15. The largest absolute Gasteiger partial charge is 0.302 e. The highest BCUT2D eigenvalue weighted by atomic mass is 79.9. The van der Waals surface area contributed by atoms with E-state index in [0.717, 1.165) is 21.9 Å². The number of aldehydes is 1. The van der Waals surface area contributed by atoms with Crippen LogP contribution in [0.5, 0.6) is 0 Å². The molecule has 78 valence electrons. The quantitative estimate of drug-likeness (QED) is 0.723. The number of carbonyl (C=O) groups is 1. The number of carbonyl (C=O) groups excluding carboxylic acids is 1. The normalized spacial score (nSPS) is 16.7. The van der Waals surface area contributed by atoms with Crippen LogP contribution >= 0.6 is 15.9 Å². The fourth-order valence-corrected chi connectivity index (χ4v) is 2.72. The van der Waals surface area contributed by atoms with Crippen molar-refractivity contribution in [1.82, 2.24) is 0 Å². The molecule has 0 saturated heterocycles. The van der Waals surface area contributed by atoms with Crippen LogP contribution in [0, 0.1) is 0 Å². The van der Waals surface area contributed by atoms with E-state index in [1.807, 2.05) is 30.3 Å². The Morgan fingerprint density at radius 2 is 1.75 bits per heavy atom. The van der Waals surface area contributed by atoms with Crippen molar-refractivity contribution in [2.45, 2.75) is 5.92 Å². The Bertz CT molecular complexity index is 575. The smallest absolute Gasteiger partial charge is 0.131 e. The summed E-state index contributed by atoms with van der Waals surface area (Å²) < 4.78 is 1.05. The third kappa shape index (κ3) is 1.26. The van der Waals surface area contributed by atoms with Gasteiger partial charge in [-0.15, -0.1) is 0 Å². The molecule has 0 aromatic heterocycles. The van der Waals surface area contributed by atoms with Gasteiger partial charge in [0.2, 0.25) is 0 Å². The molecule has 0 saturated carbocycles. The molecule has 0 heterocycles. The molecule has 0 bridgehead atoms. The van der Waals surface area contributed by atoms with Crippen molar-refractivity contribution in [3.05, 3.63) is 58.1 Å². The van der Waals surface area contributed by atoms with E-state index in [-0.39, 0.29) is 5.92 Å². The summed E-state index contributed by atoms with van der Waals surface area (Å²) in [5.41, 5.74) is 4.57. The standard InChI is InChI=1S/C14H9BrO/c15-9-5-6-12-13(7-9)10-3-1-2-4-11(10)14(12)8-16/h1-8,14H. The van der Waals surface area contributed by atoms with Gasteiger partial charge in [0.25, 0.3) is 0 Å². The average Bonchev–Trinajstić information content (AvgIpc) is 2.62. The van der Waals surface area contributed by atoms with Gasteiger partial charge in [-0.25, -0.2) is 0 Å². The number of hydrogen-bond acceptors (Lipinski definition) is 1. The van der Waals surface area contributed by atoms with Crippen LogP contribution in [0.25, 0.3) is 11.1 Å². The maximum atomic E-state index is 11.2. The van der Waals surface area contributed by atoms with E-state index >= 15 is 0 Å². The van der Waals surface area contributed by atoms with Crippen molar-refractivity contribution < 1.29 is 4.79 Å². The summed E-state index contributed by atoms with van der Waals surface area (Å²) in [4.78, 5) is 11.2. The monoisotopic (exact) mass is 272 g/mol. The lowest BCUT2D eigenvalue weighted by Gasteiger charge is -2.04. The number of rotatable bonds is 1. The zero-order valence-corrected chi connectivity index (χ0v) is 10.1. The van der Waals surface area contributed by atoms with Gasteiger partial charge >= 0.3 is 0 Å². The third-order valence-corrected chi connectivity index (χ3v) is 3.57. The Balaban J connectivity index is 2.34. The molecule has 2 aromatic rings. The Morgan fingerprint density at radius 3 is 2.56 bits per heavy atom. The van der Waals surface area contributed by atoms with Gasteiger partial charge in [0.1, 0.15) is 6.29 Å². The fourth-order valence-electron chi connectivity index (χ4n) is 2.36. The maximum Gasteiger partial charge on any atom is 0.131 e. The Labute approximate surface area is 102 Å². The van der Waals surface area contributed by atoms with Crippen molar-refractivity contribution in [3.8, 4) is 11.1 Å². The summed E-state index contributed by atoms with van der Waals surface area (Å²) >= 11 is 3.47. The number of benzene rings is 2. The van der Waals surface area contributed by atoms with Crippen LogP contribution in [0.1, 0.15) is 17.0 Å². The molecular formula is C14H9BrO. The summed E-state index contributed by atoms with van der Waals surface area (Å²) in [7, 11) is 0. The lowest BCUT2D eigenvalue weighted by molar-refractivity contribution is -0.108. The average molecular weight is 273 g/mol. The molecule has 0 fully saturated rings. The molecule has 0 N–H and O–H groups in total.